The molecular weight excluding hydrogens is 312 g/mol. The number of carbonyl (C=O) groups excluding carboxylic acids is 1. The average molecular weight is 331 g/mol. The van der Waals surface area contributed by atoms with Crippen LogP contribution in [0.25, 0.3) is 0 Å². The van der Waals surface area contributed by atoms with Crippen LogP contribution in [0.3, 0.4) is 0 Å². The number of hydrogen-bond acceptors (Lipinski definition) is 2. The van der Waals surface area contributed by atoms with Crippen molar-refractivity contribution < 1.29 is 4.79 Å². The van der Waals surface area contributed by atoms with Gasteiger partial charge in [-0.3, -0.25) is 4.79 Å². The highest BCUT2D eigenvalue weighted by Crippen LogP contribution is 2.22. The van der Waals surface area contributed by atoms with Crippen LogP contribution >= 0.6 is 27.7 Å². The molecule has 1 aromatic heterocycles. The minimum atomic E-state index is 0.164. The molecule has 18 heavy (non-hydrogen) atoms. The lowest BCUT2D eigenvalue weighted by Gasteiger charge is -2.22. The topological polar surface area (TPSA) is 25.2 Å². The van der Waals surface area contributed by atoms with Gasteiger partial charge in [0.15, 0.2) is 0 Å². The molecule has 1 fully saturated rings. The number of rotatable bonds is 2. The van der Waals surface area contributed by atoms with Crippen LogP contribution in [0.15, 0.2) is 16.7 Å². The minimum Gasteiger partial charge on any atom is -0.340 e. The maximum atomic E-state index is 12.6. The van der Waals surface area contributed by atoms with Crippen molar-refractivity contribution in [1.82, 2.24) is 9.47 Å². The van der Waals surface area contributed by atoms with Crippen molar-refractivity contribution in [2.45, 2.75) is 26.3 Å². The first-order chi connectivity index (χ1) is 8.59. The molecule has 1 aliphatic heterocycles. The number of amides is 1. The van der Waals surface area contributed by atoms with Crippen molar-refractivity contribution in [2.24, 2.45) is 0 Å². The summed E-state index contributed by atoms with van der Waals surface area (Å²) >= 11 is 5.40. The predicted octanol–water partition coefficient (Wildman–Crippen LogP) is 3.41. The molecule has 0 radical (unpaired) electrons. The number of hydrogen-bond donors (Lipinski definition) is 0. The van der Waals surface area contributed by atoms with Crippen LogP contribution < -0.4 is 0 Å². The molecule has 0 bridgehead atoms. The third kappa shape index (κ3) is 3.12. The summed E-state index contributed by atoms with van der Waals surface area (Å²) in [7, 11) is 0. The van der Waals surface area contributed by atoms with E-state index in [0.29, 0.717) is 6.04 Å². The van der Waals surface area contributed by atoms with E-state index in [0.717, 1.165) is 35.4 Å². The highest BCUT2D eigenvalue weighted by atomic mass is 79.9. The van der Waals surface area contributed by atoms with Gasteiger partial charge in [-0.2, -0.15) is 11.8 Å². The zero-order chi connectivity index (χ0) is 13.1. The van der Waals surface area contributed by atoms with Gasteiger partial charge < -0.3 is 9.47 Å². The normalized spacial score (nSPS) is 17.0. The van der Waals surface area contributed by atoms with Gasteiger partial charge in [-0.05, 0) is 48.0 Å². The van der Waals surface area contributed by atoms with Gasteiger partial charge in [0, 0.05) is 35.6 Å². The summed E-state index contributed by atoms with van der Waals surface area (Å²) in [6.07, 6.45) is 3.09. The Bertz CT molecular complexity index is 423. The van der Waals surface area contributed by atoms with E-state index in [4.69, 9.17) is 0 Å². The van der Waals surface area contributed by atoms with Crippen molar-refractivity contribution in [3.63, 3.8) is 0 Å². The van der Waals surface area contributed by atoms with Crippen LogP contribution in [-0.4, -0.2) is 40.0 Å². The molecule has 0 unspecified atom stereocenters. The molecule has 1 saturated heterocycles. The van der Waals surface area contributed by atoms with Crippen LogP contribution in [-0.2, 0) is 0 Å². The largest absolute Gasteiger partial charge is 0.340 e. The van der Waals surface area contributed by atoms with Gasteiger partial charge in [-0.1, -0.05) is 0 Å². The fraction of sp³-hybridized carbons (Fsp3) is 0.615. The zero-order valence-electron chi connectivity index (χ0n) is 10.9. The van der Waals surface area contributed by atoms with Crippen LogP contribution in [0.1, 0.15) is 36.8 Å². The Morgan fingerprint density at radius 2 is 2.17 bits per heavy atom. The Kier molecular flexibility index (Phi) is 4.78. The molecule has 0 N–H and O–H groups in total. The third-order valence-electron chi connectivity index (χ3n) is 3.10. The second kappa shape index (κ2) is 6.15. The first kappa shape index (κ1) is 14.0. The molecule has 1 aliphatic rings. The molecule has 2 rings (SSSR count). The number of aromatic nitrogens is 1. The molecule has 0 aliphatic carbocycles. The third-order valence-corrected chi connectivity index (χ3v) is 4.58. The van der Waals surface area contributed by atoms with Gasteiger partial charge in [-0.25, -0.2) is 0 Å². The van der Waals surface area contributed by atoms with E-state index in [9.17, 15) is 4.79 Å². The van der Waals surface area contributed by atoms with E-state index in [2.05, 4.69) is 29.8 Å². The molecule has 0 saturated carbocycles. The van der Waals surface area contributed by atoms with Crippen molar-refractivity contribution in [2.75, 3.05) is 24.6 Å². The summed E-state index contributed by atoms with van der Waals surface area (Å²) in [4.78, 5) is 14.6. The highest BCUT2D eigenvalue weighted by Gasteiger charge is 2.21. The fourth-order valence-corrected chi connectivity index (χ4v) is 3.48. The standard InChI is InChI=1S/C13H19BrN2OS/c1-10(2)16-9-11(14)8-12(16)13(17)15-4-3-6-18-7-5-15/h8-10H,3-7H2,1-2H3. The van der Waals surface area contributed by atoms with E-state index in [1.807, 2.05) is 33.5 Å². The lowest BCUT2D eigenvalue weighted by molar-refractivity contribution is 0.0756. The maximum absolute atomic E-state index is 12.6. The molecule has 3 nitrogen and oxygen atoms in total. The first-order valence-corrected chi connectivity index (χ1v) is 8.28. The fourth-order valence-electron chi connectivity index (χ4n) is 2.16. The average Bonchev–Trinajstić information content (AvgIpc) is 2.56. The monoisotopic (exact) mass is 330 g/mol. The molecule has 0 aromatic carbocycles. The Hall–Kier alpha value is -0.420. The Balaban J connectivity index is 2.21. The predicted molar refractivity (Wildman–Crippen MR) is 80.4 cm³/mol. The van der Waals surface area contributed by atoms with E-state index in [-0.39, 0.29) is 5.91 Å². The molecule has 2 heterocycles. The zero-order valence-corrected chi connectivity index (χ0v) is 13.3. The SMILES string of the molecule is CC(C)n1cc(Br)cc1C(=O)N1CCCSCC1. The quantitative estimate of drug-likeness (QED) is 0.830. The molecule has 1 amide bonds. The lowest BCUT2D eigenvalue weighted by Crippen LogP contribution is -2.34. The van der Waals surface area contributed by atoms with Crippen LogP contribution in [0.5, 0.6) is 0 Å². The van der Waals surface area contributed by atoms with E-state index in [1.54, 1.807) is 0 Å². The van der Waals surface area contributed by atoms with Gasteiger partial charge in [0.05, 0.1) is 0 Å². The van der Waals surface area contributed by atoms with Gasteiger partial charge in [0.2, 0.25) is 0 Å². The lowest BCUT2D eigenvalue weighted by atomic mass is 10.3. The van der Waals surface area contributed by atoms with Crippen molar-refractivity contribution in [3.8, 4) is 0 Å². The maximum Gasteiger partial charge on any atom is 0.270 e. The van der Waals surface area contributed by atoms with Crippen molar-refractivity contribution in [3.05, 3.63) is 22.4 Å². The Labute approximate surface area is 121 Å². The summed E-state index contributed by atoms with van der Waals surface area (Å²) in [5, 5.41) is 0. The Morgan fingerprint density at radius 3 is 2.89 bits per heavy atom. The summed E-state index contributed by atoms with van der Waals surface area (Å²) in [6, 6.07) is 2.23. The second-order valence-electron chi connectivity index (χ2n) is 4.80. The Morgan fingerprint density at radius 1 is 1.39 bits per heavy atom. The van der Waals surface area contributed by atoms with Gasteiger partial charge in [-0.15, -0.1) is 0 Å². The van der Waals surface area contributed by atoms with Crippen molar-refractivity contribution in [1.29, 1.82) is 0 Å². The molecule has 0 atom stereocenters. The number of nitrogens with zero attached hydrogens (tertiary/aromatic N) is 2. The molecular formula is C13H19BrN2OS. The van der Waals surface area contributed by atoms with Crippen LogP contribution in [0.4, 0.5) is 0 Å². The van der Waals surface area contributed by atoms with Crippen LogP contribution in [0, 0.1) is 0 Å². The second-order valence-corrected chi connectivity index (χ2v) is 6.94. The molecule has 5 heteroatoms. The summed E-state index contributed by atoms with van der Waals surface area (Å²) in [6.45, 7) is 5.94. The number of carbonyl (C=O) groups is 1. The van der Waals surface area contributed by atoms with Gasteiger partial charge >= 0.3 is 0 Å². The van der Waals surface area contributed by atoms with Crippen LogP contribution in [0.2, 0.25) is 0 Å². The smallest absolute Gasteiger partial charge is 0.270 e. The van der Waals surface area contributed by atoms with Crippen molar-refractivity contribution >= 4 is 33.6 Å². The van der Waals surface area contributed by atoms with Gasteiger partial charge in [0.25, 0.3) is 5.91 Å². The summed E-state index contributed by atoms with van der Waals surface area (Å²) in [5.74, 6) is 2.38. The van der Waals surface area contributed by atoms with E-state index < -0.39 is 0 Å². The van der Waals surface area contributed by atoms with E-state index >= 15 is 0 Å². The first-order valence-electron chi connectivity index (χ1n) is 6.34. The molecule has 100 valence electrons. The molecule has 1 aromatic rings. The molecule has 0 spiro atoms. The minimum absolute atomic E-state index is 0.164. The number of thioether (sulfide) groups is 1. The summed E-state index contributed by atoms with van der Waals surface area (Å²) < 4.78 is 3.02. The number of halogens is 1. The van der Waals surface area contributed by atoms with E-state index in [1.165, 1.54) is 5.75 Å². The highest BCUT2D eigenvalue weighted by molar-refractivity contribution is 9.10. The summed E-state index contributed by atoms with van der Waals surface area (Å²) in [5.41, 5.74) is 0.795. The van der Waals surface area contributed by atoms with Gasteiger partial charge in [0.1, 0.15) is 5.69 Å².